The molecule has 2 aliphatic heterocycles. The fraction of sp³-hybridized carbons (Fsp3) is 0.667. The van der Waals surface area contributed by atoms with Crippen LogP contribution in [-0.2, 0) is 9.53 Å². The molecular weight excluding hydrogens is 228 g/mol. The van der Waals surface area contributed by atoms with E-state index in [1.54, 1.807) is 0 Å². The molecule has 2 saturated heterocycles. The van der Waals surface area contributed by atoms with E-state index in [9.17, 15) is 4.79 Å². The van der Waals surface area contributed by atoms with Crippen LogP contribution in [0, 0.1) is 11.8 Å². The van der Waals surface area contributed by atoms with Crippen molar-refractivity contribution in [2.75, 3.05) is 0 Å². The molecule has 0 aromatic rings. The lowest BCUT2D eigenvalue weighted by Crippen LogP contribution is -2.41. The standard InChI is InChI=1S/C15H20O3/c1-8-4-5-15-9(2)6-13(18-15)11(7-12(8)15)10(3)14(16)17/h9,11,13H,3-7H2,1-2H3,(H,16,17). The molecular formula is C15H20O3. The van der Waals surface area contributed by atoms with Crippen LogP contribution in [0.1, 0.15) is 39.5 Å². The highest BCUT2D eigenvalue weighted by Crippen LogP contribution is 2.58. The molecule has 4 atom stereocenters. The first-order valence-corrected chi connectivity index (χ1v) is 6.74. The average Bonchev–Trinajstić information content (AvgIpc) is 2.78. The average molecular weight is 248 g/mol. The molecule has 2 bridgehead atoms. The van der Waals surface area contributed by atoms with Gasteiger partial charge in [-0.25, -0.2) is 4.79 Å². The zero-order chi connectivity index (χ0) is 13.1. The van der Waals surface area contributed by atoms with Gasteiger partial charge in [0.25, 0.3) is 0 Å². The van der Waals surface area contributed by atoms with E-state index in [0.29, 0.717) is 11.5 Å². The predicted molar refractivity (Wildman–Crippen MR) is 68.2 cm³/mol. The zero-order valence-electron chi connectivity index (χ0n) is 11.0. The second-order valence-corrected chi connectivity index (χ2v) is 6.08. The van der Waals surface area contributed by atoms with Crippen molar-refractivity contribution in [1.29, 1.82) is 0 Å². The maximum absolute atomic E-state index is 11.2. The third-order valence-corrected chi connectivity index (χ3v) is 5.24. The van der Waals surface area contributed by atoms with Crippen molar-refractivity contribution in [3.8, 4) is 0 Å². The van der Waals surface area contributed by atoms with E-state index in [1.165, 1.54) is 11.1 Å². The molecule has 1 N–H and O–H groups in total. The van der Waals surface area contributed by atoms with Gasteiger partial charge in [-0.15, -0.1) is 0 Å². The minimum absolute atomic E-state index is 0.0383. The summed E-state index contributed by atoms with van der Waals surface area (Å²) >= 11 is 0. The Labute approximate surface area is 108 Å². The zero-order valence-corrected chi connectivity index (χ0v) is 11.0. The maximum atomic E-state index is 11.2. The van der Waals surface area contributed by atoms with Crippen LogP contribution in [0.25, 0.3) is 0 Å². The van der Waals surface area contributed by atoms with Gasteiger partial charge in [-0.1, -0.05) is 19.1 Å². The van der Waals surface area contributed by atoms with Crippen LogP contribution in [0.5, 0.6) is 0 Å². The Hall–Kier alpha value is -1.09. The van der Waals surface area contributed by atoms with Gasteiger partial charge in [0.1, 0.15) is 0 Å². The number of carbonyl (C=O) groups is 1. The summed E-state index contributed by atoms with van der Waals surface area (Å²) in [5.41, 5.74) is 3.03. The molecule has 3 aliphatic rings. The van der Waals surface area contributed by atoms with Crippen LogP contribution in [-0.4, -0.2) is 22.8 Å². The Kier molecular flexibility index (Phi) is 2.46. The minimum Gasteiger partial charge on any atom is -0.478 e. The van der Waals surface area contributed by atoms with E-state index < -0.39 is 5.97 Å². The normalized spacial score (nSPS) is 42.0. The number of hydrogen-bond donors (Lipinski definition) is 1. The third kappa shape index (κ3) is 1.37. The Bertz CT molecular complexity index is 462. The van der Waals surface area contributed by atoms with E-state index in [0.717, 1.165) is 25.7 Å². The monoisotopic (exact) mass is 248 g/mol. The predicted octanol–water partition coefficient (Wildman–Crippen LogP) is 2.92. The van der Waals surface area contributed by atoms with Crippen molar-refractivity contribution in [2.24, 2.45) is 11.8 Å². The van der Waals surface area contributed by atoms with Crippen LogP contribution < -0.4 is 0 Å². The Morgan fingerprint density at radius 2 is 2.28 bits per heavy atom. The van der Waals surface area contributed by atoms with Crippen molar-refractivity contribution in [2.45, 2.75) is 51.2 Å². The summed E-state index contributed by atoms with van der Waals surface area (Å²) in [6.45, 7) is 8.16. The van der Waals surface area contributed by atoms with Gasteiger partial charge < -0.3 is 9.84 Å². The SMILES string of the molecule is C=C(C(=O)O)C1CC2=C(C)CCC23OC1CC3C. The number of ether oxygens (including phenoxy) is 1. The minimum atomic E-state index is -0.882. The van der Waals surface area contributed by atoms with Crippen LogP contribution in [0.4, 0.5) is 0 Å². The molecule has 1 aliphatic carbocycles. The van der Waals surface area contributed by atoms with Gasteiger partial charge >= 0.3 is 5.97 Å². The number of fused-ring (bicyclic) bond motifs is 1. The molecule has 4 unspecified atom stereocenters. The molecule has 98 valence electrons. The van der Waals surface area contributed by atoms with E-state index in [2.05, 4.69) is 20.4 Å². The fourth-order valence-electron chi connectivity index (χ4n) is 4.13. The van der Waals surface area contributed by atoms with Crippen molar-refractivity contribution >= 4 is 5.97 Å². The van der Waals surface area contributed by atoms with Gasteiger partial charge in [0.05, 0.1) is 11.7 Å². The summed E-state index contributed by atoms with van der Waals surface area (Å²) in [5.74, 6) is -0.419. The molecule has 0 aromatic heterocycles. The van der Waals surface area contributed by atoms with E-state index >= 15 is 0 Å². The third-order valence-electron chi connectivity index (χ3n) is 5.24. The highest BCUT2D eigenvalue weighted by molar-refractivity contribution is 5.86. The molecule has 3 nitrogen and oxygen atoms in total. The first-order chi connectivity index (χ1) is 8.45. The van der Waals surface area contributed by atoms with Gasteiger partial charge in [-0.2, -0.15) is 0 Å². The van der Waals surface area contributed by atoms with E-state index in [4.69, 9.17) is 9.84 Å². The molecule has 1 spiro atoms. The molecule has 3 heteroatoms. The van der Waals surface area contributed by atoms with Gasteiger partial charge in [0, 0.05) is 11.5 Å². The Morgan fingerprint density at radius 3 is 2.94 bits per heavy atom. The lowest BCUT2D eigenvalue weighted by molar-refractivity contribution is -0.135. The first-order valence-electron chi connectivity index (χ1n) is 6.74. The number of hydrogen-bond acceptors (Lipinski definition) is 2. The highest BCUT2D eigenvalue weighted by Gasteiger charge is 2.57. The second-order valence-electron chi connectivity index (χ2n) is 6.08. The van der Waals surface area contributed by atoms with Crippen molar-refractivity contribution in [1.82, 2.24) is 0 Å². The summed E-state index contributed by atoms with van der Waals surface area (Å²) in [7, 11) is 0. The van der Waals surface area contributed by atoms with Crippen LogP contribution in [0.15, 0.2) is 23.3 Å². The summed E-state index contributed by atoms with van der Waals surface area (Å²) in [4.78, 5) is 11.2. The summed E-state index contributed by atoms with van der Waals surface area (Å²) < 4.78 is 6.29. The van der Waals surface area contributed by atoms with E-state index in [1.807, 2.05) is 0 Å². The number of carboxylic acid groups (broad SMARTS) is 1. The maximum Gasteiger partial charge on any atom is 0.331 e. The lowest BCUT2D eigenvalue weighted by atomic mass is 9.80. The topological polar surface area (TPSA) is 46.5 Å². The Balaban J connectivity index is 1.99. The summed E-state index contributed by atoms with van der Waals surface area (Å²) in [5, 5.41) is 9.16. The van der Waals surface area contributed by atoms with Gasteiger partial charge in [-0.05, 0) is 44.1 Å². The molecule has 2 fully saturated rings. The molecule has 18 heavy (non-hydrogen) atoms. The smallest absolute Gasteiger partial charge is 0.331 e. The van der Waals surface area contributed by atoms with Crippen LogP contribution >= 0.6 is 0 Å². The molecule has 0 radical (unpaired) electrons. The molecule has 0 aromatic carbocycles. The first kappa shape index (κ1) is 12.0. The highest BCUT2D eigenvalue weighted by atomic mass is 16.5. The van der Waals surface area contributed by atoms with E-state index in [-0.39, 0.29) is 17.6 Å². The van der Waals surface area contributed by atoms with Crippen LogP contribution in [0.2, 0.25) is 0 Å². The van der Waals surface area contributed by atoms with Crippen molar-refractivity contribution in [3.05, 3.63) is 23.3 Å². The van der Waals surface area contributed by atoms with Gasteiger partial charge in [-0.3, -0.25) is 0 Å². The summed E-state index contributed by atoms with van der Waals surface area (Å²) in [6.07, 6.45) is 4.04. The summed E-state index contributed by atoms with van der Waals surface area (Å²) in [6, 6.07) is 0. The number of allylic oxidation sites excluding steroid dienone is 1. The number of aliphatic carboxylic acids is 1. The fourth-order valence-corrected chi connectivity index (χ4v) is 4.13. The largest absolute Gasteiger partial charge is 0.478 e. The molecule has 2 heterocycles. The Morgan fingerprint density at radius 1 is 1.56 bits per heavy atom. The quantitative estimate of drug-likeness (QED) is 0.603. The van der Waals surface area contributed by atoms with Gasteiger partial charge in [0.2, 0.25) is 0 Å². The van der Waals surface area contributed by atoms with Gasteiger partial charge in [0.15, 0.2) is 0 Å². The molecule has 3 rings (SSSR count). The number of rotatable bonds is 2. The second kappa shape index (κ2) is 3.70. The van der Waals surface area contributed by atoms with Crippen LogP contribution in [0.3, 0.4) is 0 Å². The molecule has 0 amide bonds. The van der Waals surface area contributed by atoms with Crippen molar-refractivity contribution in [3.63, 3.8) is 0 Å². The lowest BCUT2D eigenvalue weighted by Gasteiger charge is -2.39. The number of carboxylic acids is 1. The molecule has 0 saturated carbocycles. The van der Waals surface area contributed by atoms with Crippen molar-refractivity contribution < 1.29 is 14.6 Å².